The summed E-state index contributed by atoms with van der Waals surface area (Å²) in [7, 11) is -24.9. The Balaban J connectivity index is 1.07. The third kappa shape index (κ3) is 12.1. The van der Waals surface area contributed by atoms with Crippen LogP contribution in [0.3, 0.4) is 0 Å². The number of rotatable bonds is 11. The smallest absolute Gasteiger partial charge is 0.348 e. The molecule has 6 aliphatic rings. The van der Waals surface area contributed by atoms with Crippen molar-refractivity contribution in [2.75, 3.05) is 0 Å². The van der Waals surface area contributed by atoms with E-state index < -0.39 is 81.6 Å². The molecule has 75 heavy (non-hydrogen) atoms. The van der Waals surface area contributed by atoms with Crippen molar-refractivity contribution in [3.8, 4) is 0 Å². The van der Waals surface area contributed by atoms with Crippen molar-refractivity contribution in [1.82, 2.24) is 5.32 Å². The number of phosphoric ester groups is 5. The van der Waals surface area contributed by atoms with Gasteiger partial charge in [0.05, 0.1) is 72.1 Å². The van der Waals surface area contributed by atoms with Gasteiger partial charge in [-0.25, -0.2) is 22.8 Å². The average molecular weight is 1130 g/mol. The Morgan fingerprint density at radius 3 is 0.667 bits per heavy atom. The average Bonchev–Trinajstić information content (AvgIpc) is 3.91. The Kier molecular flexibility index (Phi) is 15.7. The zero-order valence-electron chi connectivity index (χ0n) is 39.9. The number of fused-ring (bicyclic) bond motifs is 5. The highest BCUT2D eigenvalue weighted by atomic mass is 31.2. The molecule has 398 valence electrons. The normalized spacial score (nSPS) is 27.3. The molecule has 5 heterocycles. The van der Waals surface area contributed by atoms with Gasteiger partial charge in [0.15, 0.2) is 0 Å². The minimum Gasteiger partial charge on any atom is -0.348 e. The number of hydrogen-bond acceptors (Lipinski definition) is 21. The summed E-state index contributed by atoms with van der Waals surface area (Å²) in [5, 5.41) is 2.69. The summed E-state index contributed by atoms with van der Waals surface area (Å²) >= 11 is 0. The van der Waals surface area contributed by atoms with E-state index in [0.717, 1.165) is 6.92 Å². The Morgan fingerprint density at radius 2 is 0.493 bits per heavy atom. The lowest BCUT2D eigenvalue weighted by atomic mass is 9.83. The predicted octanol–water partition coefficient (Wildman–Crippen LogP) is 10.7. The van der Waals surface area contributed by atoms with Gasteiger partial charge in [-0.1, -0.05) is 121 Å². The first-order valence-electron chi connectivity index (χ1n) is 23.6. The van der Waals surface area contributed by atoms with Crippen molar-refractivity contribution < 1.29 is 95.5 Å². The van der Waals surface area contributed by atoms with Gasteiger partial charge < -0.3 is 5.32 Å². The molecular formula is C48H50NO21P5. The van der Waals surface area contributed by atoms with Crippen LogP contribution in [0.4, 0.5) is 0 Å². The Bertz CT molecular complexity index is 2880. The maximum Gasteiger partial charge on any atom is 0.475 e. The molecule has 11 rings (SSSR count). The molecule has 2 unspecified atom stereocenters. The monoisotopic (exact) mass is 1130 g/mol. The number of benzene rings is 5. The second kappa shape index (κ2) is 22.1. The van der Waals surface area contributed by atoms with E-state index in [1.165, 1.54) is 0 Å². The molecule has 5 aromatic carbocycles. The fourth-order valence-electron chi connectivity index (χ4n) is 9.08. The molecule has 0 aromatic heterocycles. The van der Waals surface area contributed by atoms with Gasteiger partial charge in [-0.2, -0.15) is 0 Å². The van der Waals surface area contributed by atoms with E-state index in [1.54, 1.807) is 121 Å². The van der Waals surface area contributed by atoms with E-state index >= 15 is 22.8 Å². The minimum atomic E-state index is -5.02. The third-order valence-electron chi connectivity index (χ3n) is 13.0. The fourth-order valence-corrected chi connectivity index (χ4v) is 15.7. The SMILES string of the molecule is CC(=O)NC1[C@@H](OP2(=O)OCc3ccccc3CO2)[C@@H](OP2(=O)OCc3ccccc3CO2)C(OP2(=O)OCc3ccccc3CO2)[C@H](OP2(=O)OCc3ccccc3CO2)[C@H]1OP1(=O)OCc2ccccc2CO1. The molecule has 1 aliphatic carbocycles. The Hall–Kier alpha value is -3.88. The van der Waals surface area contributed by atoms with Crippen molar-refractivity contribution in [2.24, 2.45) is 0 Å². The fraction of sp³-hybridized carbons (Fsp3) is 0.354. The van der Waals surface area contributed by atoms with Crippen LogP contribution < -0.4 is 5.32 Å². The van der Waals surface area contributed by atoms with Crippen LogP contribution in [0, 0.1) is 0 Å². The number of amides is 1. The van der Waals surface area contributed by atoms with Crippen LogP contribution in [-0.2, 0) is 162 Å². The highest BCUT2D eigenvalue weighted by molar-refractivity contribution is 7.49. The molecule has 1 saturated carbocycles. The highest BCUT2D eigenvalue weighted by Gasteiger charge is 2.64. The summed E-state index contributed by atoms with van der Waals surface area (Å²) in [4.78, 5) is 13.7. The van der Waals surface area contributed by atoms with Crippen molar-refractivity contribution in [3.05, 3.63) is 177 Å². The van der Waals surface area contributed by atoms with Crippen LogP contribution in [0.2, 0.25) is 0 Å². The minimum absolute atomic E-state index is 0.319. The van der Waals surface area contributed by atoms with Crippen molar-refractivity contribution in [1.29, 1.82) is 0 Å². The maximum atomic E-state index is 15.4. The molecular weight excluding hydrogens is 1080 g/mol. The molecule has 0 bridgehead atoms. The van der Waals surface area contributed by atoms with Crippen LogP contribution in [-0.4, -0.2) is 42.5 Å². The topological polar surface area (TPSA) is 253 Å². The second-order valence-electron chi connectivity index (χ2n) is 17.9. The molecule has 27 heteroatoms. The van der Waals surface area contributed by atoms with Crippen LogP contribution in [0.1, 0.15) is 62.6 Å². The van der Waals surface area contributed by atoms with Crippen LogP contribution in [0.15, 0.2) is 121 Å². The van der Waals surface area contributed by atoms with Crippen LogP contribution >= 0.6 is 39.1 Å². The first kappa shape index (κ1) is 53.1. The molecule has 5 aliphatic heterocycles. The number of phosphoric acid groups is 5. The zero-order chi connectivity index (χ0) is 51.8. The van der Waals surface area contributed by atoms with Crippen LogP contribution in [0.25, 0.3) is 0 Å². The van der Waals surface area contributed by atoms with E-state index in [1.807, 2.05) is 0 Å². The molecule has 1 amide bonds. The first-order valence-corrected chi connectivity index (χ1v) is 30.9. The molecule has 6 atom stereocenters. The quantitative estimate of drug-likeness (QED) is 0.121. The van der Waals surface area contributed by atoms with Crippen molar-refractivity contribution in [3.63, 3.8) is 0 Å². The van der Waals surface area contributed by atoms with E-state index in [-0.39, 0.29) is 66.1 Å². The lowest BCUT2D eigenvalue weighted by Crippen LogP contribution is -2.70. The number of hydrogen-bond donors (Lipinski definition) is 1. The van der Waals surface area contributed by atoms with E-state index in [9.17, 15) is 4.79 Å². The van der Waals surface area contributed by atoms with Gasteiger partial charge in [0.25, 0.3) is 0 Å². The number of nitrogens with one attached hydrogen (secondary N) is 1. The third-order valence-corrected chi connectivity index (χ3v) is 20.0. The number of carbonyl (C=O) groups is 1. The predicted molar refractivity (Wildman–Crippen MR) is 260 cm³/mol. The molecule has 1 fully saturated rings. The summed E-state index contributed by atoms with van der Waals surface area (Å²) in [6, 6.07) is 32.7. The maximum absolute atomic E-state index is 15.4. The molecule has 0 radical (unpaired) electrons. The van der Waals surface area contributed by atoms with Gasteiger partial charge in [0.2, 0.25) is 5.91 Å². The molecule has 22 nitrogen and oxygen atoms in total. The first-order chi connectivity index (χ1) is 36.1. The van der Waals surface area contributed by atoms with Crippen molar-refractivity contribution >= 4 is 45.0 Å². The molecule has 1 N–H and O–H groups in total. The summed E-state index contributed by atoms with van der Waals surface area (Å²) in [5.74, 6) is -0.824. The van der Waals surface area contributed by atoms with Gasteiger partial charge in [0, 0.05) is 6.92 Å². The van der Waals surface area contributed by atoms with Gasteiger partial charge >= 0.3 is 39.1 Å². The lowest BCUT2D eigenvalue weighted by Gasteiger charge is -2.50. The standard InChI is InChI=1S/C48H50NO21P5/c1-32(50)49-43-44(66-71(51)56-22-33-12-2-3-13-34(33)23-57-71)46(68-73(53)60-26-37-16-6-7-17-38(37)27-61-73)48(70-75(55)64-30-41-20-10-11-21-42(41)31-65-75)47(69-74(54)62-28-39-18-8-9-19-40(39)29-63-74)45(43)67-72(52)58-24-35-14-4-5-15-36(35)25-59-72/h2-21,43-48H,22-31H2,1H3,(H,49,50)/t43?,44-,45+,46-,47-,48?/m1/s1. The Labute approximate surface area is 430 Å². The van der Waals surface area contributed by atoms with E-state index in [2.05, 4.69) is 5.32 Å². The van der Waals surface area contributed by atoms with Gasteiger partial charge in [-0.05, 0) is 55.6 Å². The highest BCUT2D eigenvalue weighted by Crippen LogP contribution is 2.65. The van der Waals surface area contributed by atoms with E-state index in [0.29, 0.717) is 55.6 Å². The van der Waals surface area contributed by atoms with Gasteiger partial charge in [0.1, 0.15) is 30.5 Å². The second-order valence-corrected chi connectivity index (χ2v) is 26.0. The lowest BCUT2D eigenvalue weighted by molar-refractivity contribution is -0.181. The van der Waals surface area contributed by atoms with E-state index in [4.69, 9.17) is 67.9 Å². The van der Waals surface area contributed by atoms with Crippen molar-refractivity contribution in [2.45, 2.75) is 110 Å². The summed E-state index contributed by atoms with van der Waals surface area (Å²) in [6.07, 6.45) is -10.9. The molecule has 5 aromatic rings. The van der Waals surface area contributed by atoms with Gasteiger partial charge in [-0.15, -0.1) is 0 Å². The summed E-state index contributed by atoms with van der Waals surface area (Å²) < 4.78 is 168. The summed E-state index contributed by atoms with van der Waals surface area (Å²) in [6.45, 7) is -2.18. The number of carbonyl (C=O) groups excluding carboxylic acids is 1. The van der Waals surface area contributed by atoms with Gasteiger partial charge in [-0.3, -0.25) is 72.7 Å². The zero-order valence-corrected chi connectivity index (χ0v) is 44.4. The molecule has 0 saturated heterocycles. The molecule has 0 spiro atoms. The largest absolute Gasteiger partial charge is 0.475 e. The summed E-state index contributed by atoms with van der Waals surface area (Å²) in [5.41, 5.74) is 5.85. The van der Waals surface area contributed by atoms with Crippen LogP contribution in [0.5, 0.6) is 0 Å². The Morgan fingerprint density at radius 1 is 0.333 bits per heavy atom.